The second kappa shape index (κ2) is 12.6. The van der Waals surface area contributed by atoms with Gasteiger partial charge in [-0.05, 0) is 55.3 Å². The lowest BCUT2D eigenvalue weighted by atomic mass is 10.2. The number of rotatable bonds is 11. The number of unbranched alkanes of at least 4 members (excludes halogenated alkanes) is 1. The van der Waals surface area contributed by atoms with E-state index in [1.807, 2.05) is 19.1 Å². The molecule has 200 valence electrons. The lowest BCUT2D eigenvalue weighted by Gasteiger charge is -2.27. The van der Waals surface area contributed by atoms with Crippen LogP contribution >= 0.6 is 22.9 Å². The van der Waals surface area contributed by atoms with E-state index in [9.17, 15) is 13.2 Å². The van der Waals surface area contributed by atoms with E-state index in [1.54, 1.807) is 30.1 Å². The highest BCUT2D eigenvalue weighted by atomic mass is 35.5. The van der Waals surface area contributed by atoms with Crippen molar-refractivity contribution < 1.29 is 17.9 Å². The standard InChI is InChI=1S/C26H33ClN4O4S2/c1-3-4-12-29(2)37(33,34)22-9-6-20(7-10-22)25(32)31(14-5-13-30-15-17-35-18-16-30)26-28-23-11-8-21(27)19-24(23)36-26/h6-11,19H,3-5,12-18H2,1-2H3. The first-order valence-electron chi connectivity index (χ1n) is 12.5. The molecule has 2 aromatic carbocycles. The number of aromatic nitrogens is 1. The lowest BCUT2D eigenvalue weighted by Crippen LogP contribution is -2.39. The summed E-state index contributed by atoms with van der Waals surface area (Å²) in [5.74, 6) is -0.213. The van der Waals surface area contributed by atoms with Crippen molar-refractivity contribution in [2.75, 3.05) is 57.9 Å². The van der Waals surface area contributed by atoms with Gasteiger partial charge < -0.3 is 4.74 Å². The number of benzene rings is 2. The fourth-order valence-corrected chi connectivity index (χ4v) is 6.64. The van der Waals surface area contributed by atoms with Gasteiger partial charge in [-0.15, -0.1) is 0 Å². The number of hydrogen-bond donors (Lipinski definition) is 0. The van der Waals surface area contributed by atoms with Gasteiger partial charge in [-0.3, -0.25) is 14.6 Å². The van der Waals surface area contributed by atoms with Gasteiger partial charge in [0.05, 0.1) is 28.3 Å². The molecule has 4 rings (SSSR count). The highest BCUT2D eigenvalue weighted by molar-refractivity contribution is 7.89. The van der Waals surface area contributed by atoms with Gasteiger partial charge in [0.25, 0.3) is 5.91 Å². The second-order valence-corrected chi connectivity index (χ2v) is 12.6. The Labute approximate surface area is 227 Å². The third kappa shape index (κ3) is 6.87. The fourth-order valence-electron chi connectivity index (χ4n) is 4.17. The van der Waals surface area contributed by atoms with Gasteiger partial charge in [0.2, 0.25) is 10.0 Å². The number of sulfonamides is 1. The van der Waals surface area contributed by atoms with Crippen molar-refractivity contribution in [2.24, 2.45) is 0 Å². The molecule has 0 saturated carbocycles. The number of amides is 1. The van der Waals surface area contributed by atoms with E-state index in [1.165, 1.54) is 27.8 Å². The van der Waals surface area contributed by atoms with Crippen LogP contribution in [0.1, 0.15) is 36.5 Å². The molecule has 2 heterocycles. The molecule has 1 saturated heterocycles. The lowest BCUT2D eigenvalue weighted by molar-refractivity contribution is 0.0376. The quantitative estimate of drug-likeness (QED) is 0.334. The number of halogens is 1. The zero-order valence-corrected chi connectivity index (χ0v) is 23.6. The van der Waals surface area contributed by atoms with Crippen LogP contribution in [0.3, 0.4) is 0 Å². The van der Waals surface area contributed by atoms with Gasteiger partial charge in [-0.25, -0.2) is 17.7 Å². The molecular weight excluding hydrogens is 532 g/mol. The summed E-state index contributed by atoms with van der Waals surface area (Å²) in [6, 6.07) is 11.7. The van der Waals surface area contributed by atoms with Crippen LogP contribution in [0, 0.1) is 0 Å². The Bertz CT molecular complexity index is 1310. The third-order valence-corrected chi connectivity index (χ3v) is 9.56. The van der Waals surface area contributed by atoms with Crippen LogP contribution < -0.4 is 4.90 Å². The zero-order valence-electron chi connectivity index (χ0n) is 21.2. The van der Waals surface area contributed by atoms with E-state index in [0.29, 0.717) is 28.8 Å². The summed E-state index contributed by atoms with van der Waals surface area (Å²) in [7, 11) is -2.02. The monoisotopic (exact) mass is 564 g/mol. The molecule has 37 heavy (non-hydrogen) atoms. The molecule has 0 spiro atoms. The Hall–Kier alpha value is -2.08. The van der Waals surface area contributed by atoms with Crippen molar-refractivity contribution in [2.45, 2.75) is 31.1 Å². The zero-order chi connectivity index (χ0) is 26.4. The number of morpholine rings is 1. The molecule has 0 radical (unpaired) electrons. The molecule has 1 fully saturated rings. The van der Waals surface area contributed by atoms with E-state index in [4.69, 9.17) is 21.3 Å². The molecule has 1 amide bonds. The molecule has 1 aromatic heterocycles. The van der Waals surface area contributed by atoms with Gasteiger partial charge >= 0.3 is 0 Å². The number of carbonyl (C=O) groups excluding carboxylic acids is 1. The third-order valence-electron chi connectivity index (χ3n) is 6.41. The van der Waals surface area contributed by atoms with Gasteiger partial charge in [0, 0.05) is 50.4 Å². The molecule has 0 aliphatic carbocycles. The Morgan fingerprint density at radius 2 is 1.84 bits per heavy atom. The number of carbonyl (C=O) groups is 1. The maximum atomic E-state index is 13.7. The highest BCUT2D eigenvalue weighted by Gasteiger charge is 2.24. The molecule has 0 atom stereocenters. The van der Waals surface area contributed by atoms with E-state index in [2.05, 4.69) is 4.90 Å². The topological polar surface area (TPSA) is 83.1 Å². The van der Waals surface area contributed by atoms with Crippen molar-refractivity contribution in [1.82, 2.24) is 14.2 Å². The van der Waals surface area contributed by atoms with E-state index < -0.39 is 10.0 Å². The molecule has 0 unspecified atom stereocenters. The maximum absolute atomic E-state index is 13.7. The van der Waals surface area contributed by atoms with Crippen molar-refractivity contribution in [3.63, 3.8) is 0 Å². The molecule has 0 bridgehead atoms. The predicted molar refractivity (Wildman–Crippen MR) is 149 cm³/mol. The molecule has 3 aromatic rings. The SMILES string of the molecule is CCCCN(C)S(=O)(=O)c1ccc(C(=O)N(CCCN2CCOCC2)c2nc3ccc(Cl)cc3s2)cc1. The number of fused-ring (bicyclic) bond motifs is 1. The van der Waals surface area contributed by atoms with Crippen LogP contribution in [0.5, 0.6) is 0 Å². The molecule has 11 heteroatoms. The molecule has 1 aliphatic heterocycles. The van der Waals surface area contributed by atoms with Gasteiger partial charge in [0.1, 0.15) is 0 Å². The van der Waals surface area contributed by atoms with Gasteiger partial charge in [-0.1, -0.05) is 36.3 Å². The number of anilines is 1. The van der Waals surface area contributed by atoms with Crippen LogP contribution in [-0.2, 0) is 14.8 Å². The average Bonchev–Trinajstić information content (AvgIpc) is 3.32. The summed E-state index contributed by atoms with van der Waals surface area (Å²) >= 11 is 7.59. The Balaban J connectivity index is 1.55. The summed E-state index contributed by atoms with van der Waals surface area (Å²) < 4.78 is 33.5. The van der Waals surface area contributed by atoms with Gasteiger partial charge in [-0.2, -0.15) is 0 Å². The summed E-state index contributed by atoms with van der Waals surface area (Å²) in [5, 5.41) is 1.22. The highest BCUT2D eigenvalue weighted by Crippen LogP contribution is 2.32. The minimum Gasteiger partial charge on any atom is -0.379 e. The minimum atomic E-state index is -3.60. The number of ether oxygens (including phenoxy) is 1. The van der Waals surface area contributed by atoms with Crippen LogP contribution in [0.25, 0.3) is 10.2 Å². The smallest absolute Gasteiger partial charge is 0.260 e. The molecule has 0 N–H and O–H groups in total. The van der Waals surface area contributed by atoms with Crippen LogP contribution in [0.15, 0.2) is 47.4 Å². The molecule has 1 aliphatic rings. The largest absolute Gasteiger partial charge is 0.379 e. The first-order valence-corrected chi connectivity index (χ1v) is 15.2. The normalized spacial score (nSPS) is 14.9. The summed E-state index contributed by atoms with van der Waals surface area (Å²) in [4.78, 5) is 22.6. The number of hydrogen-bond acceptors (Lipinski definition) is 7. The predicted octanol–water partition coefficient (Wildman–Crippen LogP) is 4.74. The average molecular weight is 565 g/mol. The van der Waals surface area contributed by atoms with E-state index in [-0.39, 0.29) is 10.8 Å². The van der Waals surface area contributed by atoms with Crippen molar-refractivity contribution in [3.8, 4) is 0 Å². The van der Waals surface area contributed by atoms with E-state index in [0.717, 1.165) is 62.3 Å². The van der Waals surface area contributed by atoms with Crippen LogP contribution in [0.2, 0.25) is 5.02 Å². The summed E-state index contributed by atoms with van der Waals surface area (Å²) in [6.45, 7) is 7.04. The second-order valence-electron chi connectivity index (χ2n) is 9.08. The Morgan fingerprint density at radius 1 is 1.11 bits per heavy atom. The number of nitrogens with zero attached hydrogens (tertiary/aromatic N) is 4. The van der Waals surface area contributed by atoms with Crippen LogP contribution in [-0.4, -0.2) is 81.5 Å². The van der Waals surface area contributed by atoms with E-state index >= 15 is 0 Å². The summed E-state index contributed by atoms with van der Waals surface area (Å²) in [5.41, 5.74) is 1.20. The molecule has 8 nitrogen and oxygen atoms in total. The van der Waals surface area contributed by atoms with Crippen molar-refractivity contribution in [1.29, 1.82) is 0 Å². The first-order chi connectivity index (χ1) is 17.8. The Morgan fingerprint density at radius 3 is 2.54 bits per heavy atom. The molecular formula is C26H33ClN4O4S2. The van der Waals surface area contributed by atoms with Crippen LogP contribution in [0.4, 0.5) is 5.13 Å². The minimum absolute atomic E-state index is 0.177. The van der Waals surface area contributed by atoms with Crippen molar-refractivity contribution in [3.05, 3.63) is 53.1 Å². The first kappa shape index (κ1) is 27.9. The van der Waals surface area contributed by atoms with Gasteiger partial charge in [0.15, 0.2) is 5.13 Å². The summed E-state index contributed by atoms with van der Waals surface area (Å²) in [6.07, 6.45) is 2.48. The fraction of sp³-hybridized carbons (Fsp3) is 0.462. The Kier molecular flexibility index (Phi) is 9.55. The van der Waals surface area contributed by atoms with Crippen molar-refractivity contribution >= 4 is 54.2 Å². The maximum Gasteiger partial charge on any atom is 0.260 e. The number of thiazole rings is 1.